The number of guanidine groups is 1. The van der Waals surface area contributed by atoms with Gasteiger partial charge in [0, 0.05) is 19.4 Å². The van der Waals surface area contributed by atoms with Crippen LogP contribution in [0.25, 0.3) is 0 Å². The van der Waals surface area contributed by atoms with Gasteiger partial charge in [-0.05, 0) is 19.3 Å². The molecular weight excluding hydrogens is 322 g/mol. The highest BCUT2D eigenvalue weighted by atomic mass is 16.1. The van der Waals surface area contributed by atoms with E-state index in [2.05, 4.69) is 11.9 Å². The van der Waals surface area contributed by atoms with E-state index < -0.39 is 0 Å². The Morgan fingerprint density at radius 2 is 1.00 bits per heavy atom. The first-order valence-corrected chi connectivity index (χ1v) is 11.2. The first kappa shape index (κ1) is 24.9. The number of hydrogen-bond donors (Lipinski definition) is 2. The summed E-state index contributed by atoms with van der Waals surface area (Å²) in [5.74, 6) is 0.582. The molecule has 0 saturated carbocycles. The summed E-state index contributed by atoms with van der Waals surface area (Å²) in [4.78, 5) is 15.8. The molecule has 0 spiro atoms. The van der Waals surface area contributed by atoms with Crippen LogP contribution in [0.1, 0.15) is 122 Å². The Labute approximate surface area is 162 Å². The Hall–Kier alpha value is -1.06. The van der Waals surface area contributed by atoms with Gasteiger partial charge >= 0.3 is 0 Å². The Kier molecular flexibility index (Phi) is 19.4. The number of aliphatic imine (C=N–C) groups is 1. The van der Waals surface area contributed by atoms with Crippen LogP contribution in [0.4, 0.5) is 0 Å². The lowest BCUT2D eigenvalue weighted by molar-refractivity contribution is -0.119. The minimum Gasteiger partial charge on any atom is -0.370 e. The van der Waals surface area contributed by atoms with Crippen LogP contribution in [0.15, 0.2) is 4.99 Å². The normalized spacial score (nSPS) is 10.8. The van der Waals surface area contributed by atoms with Crippen molar-refractivity contribution in [1.29, 1.82) is 0 Å². The number of unbranched alkanes of at least 4 members (excludes halogenated alkanes) is 14. The molecule has 0 atom stereocenters. The number of carbonyl (C=O) groups is 1. The van der Waals surface area contributed by atoms with E-state index in [0.29, 0.717) is 12.3 Å². The third-order valence-corrected chi connectivity index (χ3v) is 4.97. The van der Waals surface area contributed by atoms with Crippen LogP contribution >= 0.6 is 0 Å². The molecule has 4 N–H and O–H groups in total. The van der Waals surface area contributed by atoms with Crippen LogP contribution in [0.3, 0.4) is 0 Å². The molecule has 0 saturated heterocycles. The number of Topliss-reactive ketones (excluding diaryl/α,β-unsaturated/α-hetero) is 1. The SMILES string of the molecule is CCCCCCCCCCCCCCCC(=O)CCCCCN=C(N)N. The number of hydrogen-bond acceptors (Lipinski definition) is 2. The summed E-state index contributed by atoms with van der Waals surface area (Å²) in [5, 5.41) is 0. The van der Waals surface area contributed by atoms with E-state index in [-0.39, 0.29) is 5.96 Å². The molecule has 0 rings (SSSR count). The van der Waals surface area contributed by atoms with Crippen LogP contribution < -0.4 is 11.5 Å². The average molecular weight is 368 g/mol. The second-order valence-corrected chi connectivity index (χ2v) is 7.65. The van der Waals surface area contributed by atoms with Crippen molar-refractivity contribution in [3.8, 4) is 0 Å². The predicted molar refractivity (Wildman–Crippen MR) is 114 cm³/mol. The number of ketones is 1. The Morgan fingerprint density at radius 3 is 1.42 bits per heavy atom. The third kappa shape index (κ3) is 21.0. The van der Waals surface area contributed by atoms with E-state index in [4.69, 9.17) is 11.5 Å². The summed E-state index contributed by atoms with van der Waals surface area (Å²) in [7, 11) is 0. The molecule has 0 aromatic rings. The Balaban J connectivity index is 3.17. The molecule has 0 amide bonds. The molecule has 0 aliphatic heterocycles. The van der Waals surface area contributed by atoms with E-state index in [1.165, 1.54) is 77.0 Å². The molecule has 0 aliphatic carbocycles. The fraction of sp³-hybridized carbons (Fsp3) is 0.909. The van der Waals surface area contributed by atoms with Crippen LogP contribution in [0.5, 0.6) is 0 Å². The molecule has 0 aliphatic rings. The molecule has 0 fully saturated rings. The molecule has 0 bridgehead atoms. The lowest BCUT2D eigenvalue weighted by atomic mass is 10.0. The predicted octanol–water partition coefficient (Wildman–Crippen LogP) is 5.87. The van der Waals surface area contributed by atoms with Gasteiger partial charge in [0.15, 0.2) is 5.96 Å². The number of nitrogens with two attached hydrogens (primary N) is 2. The second-order valence-electron chi connectivity index (χ2n) is 7.65. The molecule has 0 heterocycles. The molecule has 26 heavy (non-hydrogen) atoms. The van der Waals surface area contributed by atoms with Crippen LogP contribution in [-0.2, 0) is 4.79 Å². The highest BCUT2D eigenvalue weighted by Crippen LogP contribution is 2.13. The zero-order chi connectivity index (χ0) is 19.3. The van der Waals surface area contributed by atoms with Gasteiger partial charge in [-0.3, -0.25) is 9.79 Å². The smallest absolute Gasteiger partial charge is 0.185 e. The van der Waals surface area contributed by atoms with E-state index in [1.807, 2.05) is 0 Å². The number of rotatable bonds is 20. The van der Waals surface area contributed by atoms with Crippen molar-refractivity contribution in [2.45, 2.75) is 122 Å². The maximum absolute atomic E-state index is 11.8. The zero-order valence-electron chi connectivity index (χ0n) is 17.4. The van der Waals surface area contributed by atoms with Gasteiger partial charge in [-0.2, -0.15) is 0 Å². The van der Waals surface area contributed by atoms with Gasteiger partial charge in [-0.25, -0.2) is 0 Å². The highest BCUT2D eigenvalue weighted by molar-refractivity contribution is 5.78. The summed E-state index contributed by atoms with van der Waals surface area (Å²) in [6.07, 6.45) is 22.0. The van der Waals surface area contributed by atoms with Gasteiger partial charge in [0.25, 0.3) is 0 Å². The summed E-state index contributed by atoms with van der Waals surface area (Å²) in [6.45, 7) is 2.95. The van der Waals surface area contributed by atoms with Gasteiger partial charge in [0.05, 0.1) is 0 Å². The van der Waals surface area contributed by atoms with E-state index in [1.54, 1.807) is 0 Å². The molecule has 0 radical (unpaired) electrons. The summed E-state index contributed by atoms with van der Waals surface area (Å²) < 4.78 is 0. The molecule has 4 nitrogen and oxygen atoms in total. The minimum atomic E-state index is 0.156. The topological polar surface area (TPSA) is 81.5 Å². The van der Waals surface area contributed by atoms with Crippen molar-refractivity contribution >= 4 is 11.7 Å². The monoisotopic (exact) mass is 367 g/mol. The van der Waals surface area contributed by atoms with Crippen LogP contribution in [0.2, 0.25) is 0 Å². The summed E-state index contributed by atoms with van der Waals surface area (Å²) >= 11 is 0. The fourth-order valence-corrected chi connectivity index (χ4v) is 3.28. The fourth-order valence-electron chi connectivity index (χ4n) is 3.28. The molecule has 4 heteroatoms. The van der Waals surface area contributed by atoms with Crippen molar-refractivity contribution in [2.75, 3.05) is 6.54 Å². The first-order chi connectivity index (χ1) is 12.7. The van der Waals surface area contributed by atoms with Gasteiger partial charge < -0.3 is 11.5 Å². The van der Waals surface area contributed by atoms with E-state index >= 15 is 0 Å². The first-order valence-electron chi connectivity index (χ1n) is 11.2. The highest BCUT2D eigenvalue weighted by Gasteiger charge is 2.02. The quantitative estimate of drug-likeness (QED) is 0.160. The Bertz CT molecular complexity index is 338. The maximum Gasteiger partial charge on any atom is 0.185 e. The molecule has 154 valence electrons. The van der Waals surface area contributed by atoms with Crippen molar-refractivity contribution in [1.82, 2.24) is 0 Å². The van der Waals surface area contributed by atoms with Crippen molar-refractivity contribution in [3.05, 3.63) is 0 Å². The van der Waals surface area contributed by atoms with Gasteiger partial charge in [-0.1, -0.05) is 90.4 Å². The summed E-state index contributed by atoms with van der Waals surface area (Å²) in [6, 6.07) is 0. The minimum absolute atomic E-state index is 0.156. The van der Waals surface area contributed by atoms with Crippen molar-refractivity contribution < 1.29 is 4.79 Å². The lowest BCUT2D eigenvalue weighted by Gasteiger charge is -2.03. The van der Waals surface area contributed by atoms with Gasteiger partial charge in [-0.15, -0.1) is 0 Å². The number of carbonyl (C=O) groups excluding carboxylic acids is 1. The van der Waals surface area contributed by atoms with Crippen LogP contribution in [-0.4, -0.2) is 18.3 Å². The molecule has 0 aromatic carbocycles. The molecule has 0 unspecified atom stereocenters. The van der Waals surface area contributed by atoms with E-state index in [0.717, 1.165) is 38.5 Å². The molecular formula is C22H45N3O. The van der Waals surface area contributed by atoms with Crippen LogP contribution in [0, 0.1) is 0 Å². The van der Waals surface area contributed by atoms with Crippen molar-refractivity contribution in [3.63, 3.8) is 0 Å². The lowest BCUT2D eigenvalue weighted by Crippen LogP contribution is -2.22. The average Bonchev–Trinajstić information content (AvgIpc) is 2.61. The second kappa shape index (κ2) is 20.3. The Morgan fingerprint density at radius 1 is 0.615 bits per heavy atom. The molecule has 0 aromatic heterocycles. The van der Waals surface area contributed by atoms with Crippen molar-refractivity contribution in [2.24, 2.45) is 16.5 Å². The van der Waals surface area contributed by atoms with E-state index in [9.17, 15) is 4.79 Å². The third-order valence-electron chi connectivity index (χ3n) is 4.97. The van der Waals surface area contributed by atoms with Gasteiger partial charge in [0.2, 0.25) is 0 Å². The maximum atomic E-state index is 11.8. The zero-order valence-corrected chi connectivity index (χ0v) is 17.4. The number of nitrogens with zero attached hydrogens (tertiary/aromatic N) is 1. The largest absolute Gasteiger partial charge is 0.370 e. The standard InChI is InChI=1S/C22H45N3O/c1-2-3-4-5-6-7-8-9-10-11-12-13-15-18-21(26)19-16-14-17-20-25-22(23)24/h2-20H2,1H3,(H4,23,24,25). The summed E-state index contributed by atoms with van der Waals surface area (Å²) in [5.41, 5.74) is 10.5. The van der Waals surface area contributed by atoms with Gasteiger partial charge in [0.1, 0.15) is 5.78 Å².